The van der Waals surface area contributed by atoms with Crippen LogP contribution in [0.4, 0.5) is 5.00 Å². The first kappa shape index (κ1) is 19.1. The number of carboxylic acids is 2. The molecule has 0 bridgehead atoms. The van der Waals surface area contributed by atoms with Gasteiger partial charge in [-0.05, 0) is 23.6 Å². The number of hydrogen-bond acceptors (Lipinski definition) is 6. The number of amides is 2. The number of rotatable bonds is 4. The zero-order valence-corrected chi connectivity index (χ0v) is 15.8. The Balaban J connectivity index is 1.63. The standard InChI is InChI=1S/C19H16N2O7S/c22-15(19(26)27)20-16-13(18(24)25)11-5-6-28-12(14(11)29-16)8-21-7-9-3-1-2-4-10(9)17(21)23/h1-4,12H,5-8H2,(H,20,22)(H,24,25)(H,26,27). The van der Waals surface area contributed by atoms with Crippen molar-refractivity contribution < 1.29 is 34.1 Å². The van der Waals surface area contributed by atoms with Gasteiger partial charge < -0.3 is 25.2 Å². The van der Waals surface area contributed by atoms with Crippen LogP contribution in [-0.4, -0.2) is 52.0 Å². The molecule has 1 unspecified atom stereocenters. The minimum absolute atomic E-state index is 0.0403. The third-order valence-corrected chi connectivity index (χ3v) is 6.16. The van der Waals surface area contributed by atoms with Gasteiger partial charge in [0, 0.05) is 17.0 Å². The van der Waals surface area contributed by atoms with E-state index in [-0.39, 0.29) is 29.6 Å². The quantitative estimate of drug-likeness (QED) is 0.647. The van der Waals surface area contributed by atoms with Crippen LogP contribution in [0.1, 0.15) is 42.8 Å². The summed E-state index contributed by atoms with van der Waals surface area (Å²) in [6.45, 7) is 0.923. The Bertz CT molecular complexity index is 1050. The molecule has 2 aliphatic rings. The van der Waals surface area contributed by atoms with Gasteiger partial charge in [-0.1, -0.05) is 18.2 Å². The number of fused-ring (bicyclic) bond motifs is 2. The van der Waals surface area contributed by atoms with E-state index in [2.05, 4.69) is 5.32 Å². The molecule has 2 aliphatic heterocycles. The first-order valence-corrected chi connectivity index (χ1v) is 9.60. The van der Waals surface area contributed by atoms with Gasteiger partial charge in [-0.25, -0.2) is 9.59 Å². The highest BCUT2D eigenvalue weighted by molar-refractivity contribution is 7.17. The van der Waals surface area contributed by atoms with Crippen molar-refractivity contribution in [2.45, 2.75) is 19.1 Å². The Morgan fingerprint density at radius 3 is 2.69 bits per heavy atom. The normalized spacial score (nSPS) is 17.6. The van der Waals surface area contributed by atoms with Crippen LogP contribution in [0.2, 0.25) is 0 Å². The summed E-state index contributed by atoms with van der Waals surface area (Å²) in [4.78, 5) is 49.0. The summed E-state index contributed by atoms with van der Waals surface area (Å²) in [6.07, 6.45) is -0.239. The topological polar surface area (TPSA) is 133 Å². The van der Waals surface area contributed by atoms with Crippen LogP contribution in [0, 0.1) is 0 Å². The summed E-state index contributed by atoms with van der Waals surface area (Å²) in [5.74, 6) is -4.39. The average Bonchev–Trinajstić information content (AvgIpc) is 3.20. The van der Waals surface area contributed by atoms with Crippen molar-refractivity contribution in [3.8, 4) is 0 Å². The third-order valence-electron chi connectivity index (χ3n) is 4.92. The summed E-state index contributed by atoms with van der Waals surface area (Å²) in [7, 11) is 0. The van der Waals surface area contributed by atoms with Gasteiger partial charge in [-0.15, -0.1) is 11.3 Å². The molecule has 1 aromatic carbocycles. The summed E-state index contributed by atoms with van der Waals surface area (Å²) in [5.41, 5.74) is 1.93. The maximum atomic E-state index is 12.6. The lowest BCUT2D eigenvalue weighted by Crippen LogP contribution is -2.32. The highest BCUT2D eigenvalue weighted by atomic mass is 32.1. The molecule has 0 aliphatic carbocycles. The first-order valence-electron chi connectivity index (χ1n) is 8.78. The fourth-order valence-electron chi connectivity index (χ4n) is 3.64. The molecule has 3 heterocycles. The molecule has 150 valence electrons. The molecule has 9 nitrogen and oxygen atoms in total. The molecule has 0 fully saturated rings. The van der Waals surface area contributed by atoms with Crippen molar-refractivity contribution in [2.24, 2.45) is 0 Å². The monoisotopic (exact) mass is 416 g/mol. The molecule has 1 atom stereocenters. The van der Waals surface area contributed by atoms with Crippen LogP contribution in [0.25, 0.3) is 0 Å². The zero-order valence-electron chi connectivity index (χ0n) is 15.0. The van der Waals surface area contributed by atoms with Crippen LogP contribution >= 0.6 is 11.3 Å². The first-order chi connectivity index (χ1) is 13.9. The van der Waals surface area contributed by atoms with Crippen molar-refractivity contribution in [3.05, 3.63) is 51.4 Å². The highest BCUT2D eigenvalue weighted by Gasteiger charge is 2.36. The fraction of sp³-hybridized carbons (Fsp3) is 0.263. The average molecular weight is 416 g/mol. The number of hydrogen-bond donors (Lipinski definition) is 3. The van der Waals surface area contributed by atoms with E-state index in [1.54, 1.807) is 17.0 Å². The van der Waals surface area contributed by atoms with E-state index in [1.807, 2.05) is 12.1 Å². The van der Waals surface area contributed by atoms with E-state index in [4.69, 9.17) is 9.84 Å². The van der Waals surface area contributed by atoms with Crippen molar-refractivity contribution in [2.75, 3.05) is 18.5 Å². The second-order valence-electron chi connectivity index (χ2n) is 6.67. The molecule has 2 amide bonds. The largest absolute Gasteiger partial charge is 0.478 e. The fourth-order valence-corrected chi connectivity index (χ4v) is 4.92. The predicted molar refractivity (Wildman–Crippen MR) is 101 cm³/mol. The van der Waals surface area contributed by atoms with E-state index in [0.717, 1.165) is 16.9 Å². The maximum absolute atomic E-state index is 12.6. The van der Waals surface area contributed by atoms with Crippen LogP contribution < -0.4 is 5.32 Å². The lowest BCUT2D eigenvalue weighted by atomic mass is 10.0. The number of nitrogens with one attached hydrogen (secondary N) is 1. The van der Waals surface area contributed by atoms with Gasteiger partial charge in [-0.2, -0.15) is 0 Å². The summed E-state index contributed by atoms with van der Waals surface area (Å²) in [6, 6.07) is 7.30. The van der Waals surface area contributed by atoms with Crippen LogP contribution in [0.5, 0.6) is 0 Å². The summed E-state index contributed by atoms with van der Waals surface area (Å²) < 4.78 is 5.81. The summed E-state index contributed by atoms with van der Waals surface area (Å²) >= 11 is 0.974. The number of aromatic carboxylic acids is 1. The van der Waals surface area contributed by atoms with Crippen LogP contribution in [-0.2, 0) is 27.3 Å². The van der Waals surface area contributed by atoms with Crippen LogP contribution in [0.3, 0.4) is 0 Å². The third kappa shape index (κ3) is 3.36. The van der Waals surface area contributed by atoms with E-state index >= 15 is 0 Å². The Kier molecular flexibility index (Phi) is 4.81. The second kappa shape index (κ2) is 7.30. The Morgan fingerprint density at radius 1 is 1.24 bits per heavy atom. The maximum Gasteiger partial charge on any atom is 0.394 e. The Hall–Kier alpha value is -3.24. The minimum atomic E-state index is -1.71. The molecule has 2 aromatic rings. The second-order valence-corrected chi connectivity index (χ2v) is 7.72. The molecular formula is C19H16N2O7S. The van der Waals surface area contributed by atoms with Crippen molar-refractivity contribution in [1.29, 1.82) is 0 Å². The minimum Gasteiger partial charge on any atom is -0.478 e. The zero-order chi connectivity index (χ0) is 20.7. The number of carboxylic acid groups (broad SMARTS) is 2. The van der Waals surface area contributed by atoms with E-state index < -0.39 is 23.9 Å². The molecule has 0 radical (unpaired) electrons. The van der Waals surface area contributed by atoms with E-state index in [0.29, 0.717) is 29.0 Å². The number of thiophene rings is 1. The van der Waals surface area contributed by atoms with Crippen molar-refractivity contribution >= 4 is 40.1 Å². The molecule has 0 spiro atoms. The highest BCUT2D eigenvalue weighted by Crippen LogP contribution is 2.42. The molecule has 29 heavy (non-hydrogen) atoms. The van der Waals surface area contributed by atoms with Gasteiger partial charge in [-0.3, -0.25) is 9.59 Å². The SMILES string of the molecule is O=C(O)C(=O)Nc1sc2c(c1C(=O)O)CCOC2CN1Cc2ccccc2C1=O. The molecule has 1 aromatic heterocycles. The van der Waals surface area contributed by atoms with Gasteiger partial charge in [0.25, 0.3) is 5.91 Å². The van der Waals surface area contributed by atoms with Crippen molar-refractivity contribution in [3.63, 3.8) is 0 Å². The van der Waals surface area contributed by atoms with E-state index in [1.165, 1.54) is 0 Å². The number of benzene rings is 1. The Morgan fingerprint density at radius 2 is 2.00 bits per heavy atom. The Labute approximate surface area is 168 Å². The number of ether oxygens (including phenoxy) is 1. The van der Waals surface area contributed by atoms with Crippen molar-refractivity contribution in [1.82, 2.24) is 4.90 Å². The molecule has 3 N–H and O–H groups in total. The number of aliphatic carboxylic acids is 1. The smallest absolute Gasteiger partial charge is 0.394 e. The predicted octanol–water partition coefficient (Wildman–Crippen LogP) is 1.74. The van der Waals surface area contributed by atoms with Gasteiger partial charge in [0.1, 0.15) is 11.1 Å². The van der Waals surface area contributed by atoms with Gasteiger partial charge >= 0.3 is 17.8 Å². The van der Waals surface area contributed by atoms with E-state index in [9.17, 15) is 24.3 Å². The lowest BCUT2D eigenvalue weighted by molar-refractivity contribution is -0.147. The number of anilines is 1. The molecule has 0 saturated heterocycles. The number of carbonyl (C=O) groups excluding carboxylic acids is 2. The summed E-state index contributed by atoms with van der Waals surface area (Å²) in [5, 5.41) is 20.5. The number of nitrogens with zero attached hydrogens (tertiary/aromatic N) is 1. The number of carbonyl (C=O) groups is 4. The van der Waals surface area contributed by atoms with Crippen LogP contribution in [0.15, 0.2) is 24.3 Å². The van der Waals surface area contributed by atoms with Gasteiger partial charge in [0.05, 0.1) is 18.7 Å². The molecular weight excluding hydrogens is 400 g/mol. The van der Waals surface area contributed by atoms with Gasteiger partial charge in [0.2, 0.25) is 0 Å². The van der Waals surface area contributed by atoms with Gasteiger partial charge in [0.15, 0.2) is 0 Å². The lowest BCUT2D eigenvalue weighted by Gasteiger charge is -2.27. The molecule has 4 rings (SSSR count). The molecule has 10 heteroatoms. The molecule has 0 saturated carbocycles.